The van der Waals surface area contributed by atoms with Crippen LogP contribution in [0.3, 0.4) is 0 Å². The fourth-order valence-electron chi connectivity index (χ4n) is 2.26. The Bertz CT molecular complexity index is 905. The molecule has 124 valence electrons. The molecule has 3 rings (SSSR count). The number of carbonyl (C=O) groups is 1. The van der Waals surface area contributed by atoms with Crippen LogP contribution in [0.15, 0.2) is 28.1 Å². The van der Waals surface area contributed by atoms with E-state index in [1.54, 1.807) is 12.3 Å². The number of thiazole rings is 1. The summed E-state index contributed by atoms with van der Waals surface area (Å²) >= 11 is 1.12. The molecule has 0 aliphatic heterocycles. The highest BCUT2D eigenvalue weighted by molar-refractivity contribution is 7.14. The Morgan fingerprint density at radius 1 is 1.38 bits per heavy atom. The molecule has 0 saturated carbocycles. The number of amides is 1. The predicted octanol–water partition coefficient (Wildman–Crippen LogP) is 4.20. The molecule has 0 atom stereocenters. The van der Waals surface area contributed by atoms with Crippen LogP contribution in [-0.4, -0.2) is 16.0 Å². The molecule has 0 unspecified atom stereocenters. The van der Waals surface area contributed by atoms with Crippen molar-refractivity contribution in [3.8, 4) is 11.3 Å². The van der Waals surface area contributed by atoms with Crippen LogP contribution in [0, 0.1) is 18.6 Å². The van der Waals surface area contributed by atoms with Gasteiger partial charge in [0.05, 0.1) is 11.4 Å². The zero-order chi connectivity index (χ0) is 17.3. The van der Waals surface area contributed by atoms with Crippen molar-refractivity contribution in [1.29, 1.82) is 0 Å². The monoisotopic (exact) mass is 349 g/mol. The molecule has 8 heteroatoms. The van der Waals surface area contributed by atoms with Gasteiger partial charge in [-0.1, -0.05) is 12.1 Å². The lowest BCUT2D eigenvalue weighted by Crippen LogP contribution is -2.14. The molecule has 1 aromatic carbocycles. The van der Waals surface area contributed by atoms with Crippen molar-refractivity contribution in [3.63, 3.8) is 0 Å². The van der Waals surface area contributed by atoms with Gasteiger partial charge in [-0.05, 0) is 31.5 Å². The van der Waals surface area contributed by atoms with Crippen molar-refractivity contribution in [2.24, 2.45) is 0 Å². The number of hydrogen-bond donors (Lipinski definition) is 1. The van der Waals surface area contributed by atoms with Gasteiger partial charge in [-0.15, -0.1) is 11.3 Å². The van der Waals surface area contributed by atoms with Crippen LogP contribution in [0.1, 0.15) is 28.7 Å². The summed E-state index contributed by atoms with van der Waals surface area (Å²) in [5.74, 6) is -1.12. The van der Waals surface area contributed by atoms with Crippen molar-refractivity contribution in [3.05, 3.63) is 52.2 Å². The summed E-state index contributed by atoms with van der Waals surface area (Å²) in [4.78, 5) is 16.5. The molecule has 0 spiro atoms. The molecule has 2 aromatic heterocycles. The molecule has 3 aromatic rings. The smallest absolute Gasteiger partial charge is 0.262 e. The van der Waals surface area contributed by atoms with Crippen LogP contribution in [0.2, 0.25) is 0 Å². The molecule has 24 heavy (non-hydrogen) atoms. The Morgan fingerprint density at radius 3 is 2.92 bits per heavy atom. The first-order valence-corrected chi connectivity index (χ1v) is 8.05. The zero-order valence-electron chi connectivity index (χ0n) is 12.9. The van der Waals surface area contributed by atoms with Gasteiger partial charge in [0.2, 0.25) is 0 Å². The van der Waals surface area contributed by atoms with Crippen molar-refractivity contribution in [1.82, 2.24) is 10.1 Å². The van der Waals surface area contributed by atoms with Crippen molar-refractivity contribution < 1.29 is 18.1 Å². The van der Waals surface area contributed by atoms with Crippen LogP contribution in [0.4, 0.5) is 13.9 Å². The summed E-state index contributed by atoms with van der Waals surface area (Å²) in [7, 11) is 0. The molecule has 0 radical (unpaired) electrons. The third-order valence-electron chi connectivity index (χ3n) is 3.42. The second kappa shape index (κ2) is 6.48. The number of aromatic nitrogens is 2. The van der Waals surface area contributed by atoms with E-state index in [4.69, 9.17) is 4.52 Å². The van der Waals surface area contributed by atoms with Gasteiger partial charge in [0.15, 0.2) is 5.13 Å². The topological polar surface area (TPSA) is 68.0 Å². The third kappa shape index (κ3) is 3.05. The molecule has 1 N–H and O–H groups in total. The van der Waals surface area contributed by atoms with Gasteiger partial charge in [-0.25, -0.2) is 13.8 Å². The van der Waals surface area contributed by atoms with Crippen LogP contribution in [-0.2, 0) is 6.42 Å². The van der Waals surface area contributed by atoms with Gasteiger partial charge >= 0.3 is 0 Å². The maximum Gasteiger partial charge on any atom is 0.262 e. The van der Waals surface area contributed by atoms with Crippen LogP contribution < -0.4 is 5.32 Å². The summed E-state index contributed by atoms with van der Waals surface area (Å²) in [6.45, 7) is 3.51. The van der Waals surface area contributed by atoms with Crippen LogP contribution in [0.5, 0.6) is 0 Å². The molecule has 0 saturated heterocycles. The number of carbonyl (C=O) groups excluding carboxylic acids is 1. The third-order valence-corrected chi connectivity index (χ3v) is 4.18. The minimum atomic E-state index is -0.581. The van der Waals surface area contributed by atoms with Gasteiger partial charge in [0, 0.05) is 10.9 Å². The number of benzene rings is 1. The lowest BCUT2D eigenvalue weighted by atomic mass is 10.1. The average Bonchev–Trinajstić information content (AvgIpc) is 3.16. The van der Waals surface area contributed by atoms with Crippen LogP contribution >= 0.6 is 11.3 Å². The van der Waals surface area contributed by atoms with Gasteiger partial charge < -0.3 is 4.52 Å². The van der Waals surface area contributed by atoms with E-state index in [0.717, 1.165) is 29.5 Å². The fourth-order valence-corrected chi connectivity index (χ4v) is 2.96. The Kier molecular flexibility index (Phi) is 4.39. The summed E-state index contributed by atoms with van der Waals surface area (Å²) in [5.41, 5.74) is 1.22. The molecule has 0 fully saturated rings. The Morgan fingerprint density at radius 2 is 2.17 bits per heavy atom. The lowest BCUT2D eigenvalue weighted by Gasteiger charge is -2.02. The van der Waals surface area contributed by atoms with E-state index < -0.39 is 17.5 Å². The minimum Gasteiger partial charge on any atom is -0.361 e. The maximum atomic E-state index is 13.8. The van der Waals surface area contributed by atoms with E-state index in [9.17, 15) is 13.6 Å². The highest BCUT2D eigenvalue weighted by Crippen LogP contribution is 2.28. The standard InChI is InChI=1S/C16H13F2N3O2S/c1-3-12-14(8(2)23-21-12)15(22)20-16-19-13(7-24-16)10-6-9(17)4-5-11(10)18/h4-7H,3H2,1-2H3,(H,19,20,22). The number of aryl methyl sites for hydroxylation is 2. The second-order valence-corrected chi connectivity index (χ2v) is 5.89. The summed E-state index contributed by atoms with van der Waals surface area (Å²) in [5, 5.41) is 8.29. The van der Waals surface area contributed by atoms with E-state index in [1.165, 1.54) is 0 Å². The Balaban J connectivity index is 1.85. The molecule has 5 nitrogen and oxygen atoms in total. The first kappa shape index (κ1) is 16.3. The number of hydrogen-bond acceptors (Lipinski definition) is 5. The maximum absolute atomic E-state index is 13.8. The largest absolute Gasteiger partial charge is 0.361 e. The second-order valence-electron chi connectivity index (χ2n) is 5.03. The van der Waals surface area contributed by atoms with Crippen LogP contribution in [0.25, 0.3) is 11.3 Å². The van der Waals surface area contributed by atoms with Crippen molar-refractivity contribution >= 4 is 22.4 Å². The first-order valence-electron chi connectivity index (χ1n) is 7.17. The molecular weight excluding hydrogens is 336 g/mol. The number of anilines is 1. The normalized spacial score (nSPS) is 10.8. The van der Waals surface area contributed by atoms with E-state index in [0.29, 0.717) is 23.4 Å². The Hall–Kier alpha value is -2.61. The molecule has 0 aliphatic rings. The summed E-state index contributed by atoms with van der Waals surface area (Å²) in [6.07, 6.45) is 0.553. The van der Waals surface area contributed by atoms with Crippen molar-refractivity contribution in [2.75, 3.05) is 5.32 Å². The number of rotatable bonds is 4. The van der Waals surface area contributed by atoms with E-state index in [1.807, 2.05) is 6.92 Å². The highest BCUT2D eigenvalue weighted by atomic mass is 32.1. The molecule has 0 aliphatic carbocycles. The number of halogens is 2. The highest BCUT2D eigenvalue weighted by Gasteiger charge is 2.20. The number of nitrogens with zero attached hydrogens (tertiary/aromatic N) is 2. The molecular formula is C16H13F2N3O2S. The SMILES string of the molecule is CCc1noc(C)c1C(=O)Nc1nc(-c2cc(F)ccc2F)cs1. The summed E-state index contributed by atoms with van der Waals surface area (Å²) < 4.78 is 32.1. The van der Waals surface area contributed by atoms with Gasteiger partial charge in [0.1, 0.15) is 23.0 Å². The fraction of sp³-hybridized carbons (Fsp3) is 0.188. The first-order chi connectivity index (χ1) is 11.5. The minimum absolute atomic E-state index is 0.0437. The number of nitrogens with one attached hydrogen (secondary N) is 1. The van der Waals surface area contributed by atoms with E-state index in [2.05, 4.69) is 15.5 Å². The lowest BCUT2D eigenvalue weighted by molar-refractivity contribution is 0.102. The van der Waals surface area contributed by atoms with Gasteiger partial charge in [-0.3, -0.25) is 10.1 Å². The quantitative estimate of drug-likeness (QED) is 0.766. The molecule has 1 amide bonds. The Labute approximate surface area is 140 Å². The van der Waals surface area contributed by atoms with Gasteiger partial charge in [-0.2, -0.15) is 0 Å². The summed E-state index contributed by atoms with van der Waals surface area (Å²) in [6, 6.07) is 3.14. The van der Waals surface area contributed by atoms with E-state index >= 15 is 0 Å². The predicted molar refractivity (Wildman–Crippen MR) is 86.0 cm³/mol. The average molecular weight is 349 g/mol. The zero-order valence-corrected chi connectivity index (χ0v) is 13.7. The van der Waals surface area contributed by atoms with Crippen molar-refractivity contribution in [2.45, 2.75) is 20.3 Å². The van der Waals surface area contributed by atoms with Gasteiger partial charge in [0.25, 0.3) is 5.91 Å². The molecule has 0 bridgehead atoms. The molecule has 2 heterocycles. The van der Waals surface area contributed by atoms with E-state index in [-0.39, 0.29) is 16.4 Å².